The van der Waals surface area contributed by atoms with Crippen molar-refractivity contribution >= 4 is 10.8 Å². The normalized spacial score (nSPS) is 29.9. The zero-order valence-corrected chi connectivity index (χ0v) is 11.6. The van der Waals surface area contributed by atoms with Crippen LogP contribution in [0.25, 0.3) is 0 Å². The summed E-state index contributed by atoms with van der Waals surface area (Å²) < 4.78 is 12.1. The van der Waals surface area contributed by atoms with Crippen molar-refractivity contribution in [3.05, 3.63) is 0 Å². The van der Waals surface area contributed by atoms with Gasteiger partial charge in [0.05, 0.1) is 0 Å². The molecular formula is C13H27NOS. The maximum atomic E-state index is 12.1. The summed E-state index contributed by atoms with van der Waals surface area (Å²) >= 11 is 0. The van der Waals surface area contributed by atoms with E-state index in [0.29, 0.717) is 11.3 Å². The zero-order valence-electron chi connectivity index (χ0n) is 10.8. The third-order valence-corrected chi connectivity index (χ3v) is 5.38. The van der Waals surface area contributed by atoms with Gasteiger partial charge < -0.3 is 5.73 Å². The Labute approximate surface area is 103 Å². The van der Waals surface area contributed by atoms with E-state index in [1.165, 1.54) is 25.7 Å². The number of nitrogens with two attached hydrogens (primary N) is 1. The predicted octanol–water partition coefficient (Wildman–Crippen LogP) is 2.83. The molecule has 16 heavy (non-hydrogen) atoms. The molecule has 1 aliphatic carbocycles. The monoisotopic (exact) mass is 245 g/mol. The first-order valence-electron chi connectivity index (χ1n) is 6.72. The first kappa shape index (κ1) is 14.2. The summed E-state index contributed by atoms with van der Waals surface area (Å²) in [5.74, 6) is 1.68. The molecule has 0 aromatic heterocycles. The van der Waals surface area contributed by atoms with Crippen molar-refractivity contribution in [1.82, 2.24) is 0 Å². The molecule has 2 nitrogen and oxygen atoms in total. The van der Waals surface area contributed by atoms with Crippen LogP contribution in [0.1, 0.15) is 58.8 Å². The van der Waals surface area contributed by atoms with E-state index in [9.17, 15) is 4.21 Å². The van der Waals surface area contributed by atoms with Gasteiger partial charge in [0, 0.05) is 27.8 Å². The molecule has 0 aromatic carbocycles. The molecule has 1 rings (SSSR count). The standard InChI is InChI=1S/C13H27NOS/c1-11-6-5-8-13(10-11)16(15)9-4-3-7-12(2)14/h11-13H,3-10,14H2,1-2H3. The number of hydrogen-bond acceptors (Lipinski definition) is 2. The molecule has 0 aromatic rings. The van der Waals surface area contributed by atoms with Crippen LogP contribution in [0, 0.1) is 5.92 Å². The van der Waals surface area contributed by atoms with Gasteiger partial charge in [-0.2, -0.15) is 0 Å². The Hall–Kier alpha value is 0.110. The Morgan fingerprint density at radius 1 is 1.38 bits per heavy atom. The third kappa shape index (κ3) is 5.44. The van der Waals surface area contributed by atoms with E-state index in [1.54, 1.807) is 0 Å². The van der Waals surface area contributed by atoms with Crippen LogP contribution in [-0.2, 0) is 10.8 Å². The summed E-state index contributed by atoms with van der Waals surface area (Å²) in [4.78, 5) is 0. The molecule has 1 saturated carbocycles. The molecule has 0 heterocycles. The van der Waals surface area contributed by atoms with Gasteiger partial charge in [-0.1, -0.05) is 26.2 Å². The molecule has 0 spiro atoms. The first-order chi connectivity index (χ1) is 7.59. The summed E-state index contributed by atoms with van der Waals surface area (Å²) in [6, 6.07) is 0.295. The van der Waals surface area contributed by atoms with Crippen molar-refractivity contribution in [1.29, 1.82) is 0 Å². The highest BCUT2D eigenvalue weighted by Gasteiger charge is 2.23. The lowest BCUT2D eigenvalue weighted by Gasteiger charge is -2.26. The average molecular weight is 245 g/mol. The van der Waals surface area contributed by atoms with Gasteiger partial charge in [0.15, 0.2) is 0 Å². The minimum atomic E-state index is -0.583. The second-order valence-corrected chi connectivity index (χ2v) is 7.29. The van der Waals surface area contributed by atoms with Gasteiger partial charge in [-0.05, 0) is 38.5 Å². The van der Waals surface area contributed by atoms with Gasteiger partial charge >= 0.3 is 0 Å². The maximum absolute atomic E-state index is 12.1. The Morgan fingerprint density at radius 2 is 2.12 bits per heavy atom. The number of rotatable bonds is 6. The van der Waals surface area contributed by atoms with E-state index in [2.05, 4.69) is 6.92 Å². The van der Waals surface area contributed by atoms with E-state index >= 15 is 0 Å². The van der Waals surface area contributed by atoms with Crippen molar-refractivity contribution in [2.75, 3.05) is 5.75 Å². The zero-order chi connectivity index (χ0) is 12.0. The summed E-state index contributed by atoms with van der Waals surface area (Å²) in [6.45, 7) is 4.33. The van der Waals surface area contributed by atoms with Gasteiger partial charge in [0.25, 0.3) is 0 Å². The lowest BCUT2D eigenvalue weighted by atomic mass is 9.91. The van der Waals surface area contributed by atoms with Crippen LogP contribution in [-0.4, -0.2) is 21.3 Å². The van der Waals surface area contributed by atoms with Crippen molar-refractivity contribution in [3.63, 3.8) is 0 Å². The summed E-state index contributed by atoms with van der Waals surface area (Å²) in [6.07, 6.45) is 8.25. The van der Waals surface area contributed by atoms with E-state index in [-0.39, 0.29) is 0 Å². The summed E-state index contributed by atoms with van der Waals surface area (Å²) in [5, 5.41) is 0.485. The third-order valence-electron chi connectivity index (χ3n) is 3.52. The van der Waals surface area contributed by atoms with Crippen molar-refractivity contribution < 1.29 is 4.21 Å². The van der Waals surface area contributed by atoms with Crippen LogP contribution in [0.2, 0.25) is 0 Å². The van der Waals surface area contributed by atoms with Gasteiger partial charge in [-0.25, -0.2) is 0 Å². The van der Waals surface area contributed by atoms with Gasteiger partial charge in [0.1, 0.15) is 0 Å². The smallest absolute Gasteiger partial charge is 0.0350 e. The summed E-state index contributed by atoms with van der Waals surface area (Å²) in [7, 11) is -0.583. The molecule has 0 bridgehead atoms. The number of unbranched alkanes of at least 4 members (excludes halogenated alkanes) is 1. The second-order valence-electron chi connectivity index (χ2n) is 5.45. The minimum Gasteiger partial charge on any atom is -0.328 e. The predicted molar refractivity (Wildman–Crippen MR) is 71.9 cm³/mol. The molecule has 0 amide bonds. The van der Waals surface area contributed by atoms with E-state index in [1.807, 2.05) is 6.92 Å². The Morgan fingerprint density at radius 3 is 2.75 bits per heavy atom. The fourth-order valence-corrected chi connectivity index (χ4v) is 4.29. The van der Waals surface area contributed by atoms with Gasteiger partial charge in [0.2, 0.25) is 0 Å². The van der Waals surface area contributed by atoms with Crippen LogP contribution in [0.3, 0.4) is 0 Å². The molecule has 4 unspecified atom stereocenters. The lowest BCUT2D eigenvalue weighted by molar-refractivity contribution is 0.389. The molecule has 0 saturated heterocycles. The van der Waals surface area contributed by atoms with Crippen LogP contribution >= 0.6 is 0 Å². The molecule has 96 valence electrons. The largest absolute Gasteiger partial charge is 0.328 e. The number of hydrogen-bond donors (Lipinski definition) is 1. The highest BCUT2D eigenvalue weighted by molar-refractivity contribution is 7.85. The second kappa shape index (κ2) is 7.44. The Kier molecular flexibility index (Phi) is 6.59. The fourth-order valence-electron chi connectivity index (χ4n) is 2.49. The molecule has 4 atom stereocenters. The van der Waals surface area contributed by atoms with Crippen LogP contribution in [0.15, 0.2) is 0 Å². The SMILES string of the molecule is CC(N)CCCCS(=O)C1CCCC(C)C1. The fraction of sp³-hybridized carbons (Fsp3) is 1.00. The molecule has 0 radical (unpaired) electrons. The van der Waals surface area contributed by atoms with E-state index in [0.717, 1.165) is 30.9 Å². The highest BCUT2D eigenvalue weighted by atomic mass is 32.2. The topological polar surface area (TPSA) is 43.1 Å². The highest BCUT2D eigenvalue weighted by Crippen LogP contribution is 2.27. The van der Waals surface area contributed by atoms with Crippen LogP contribution in [0.5, 0.6) is 0 Å². The van der Waals surface area contributed by atoms with E-state index in [4.69, 9.17) is 5.73 Å². The Bertz CT molecular complexity index is 218. The van der Waals surface area contributed by atoms with Crippen molar-refractivity contribution in [2.45, 2.75) is 70.1 Å². The lowest BCUT2D eigenvalue weighted by Crippen LogP contribution is -2.24. The Balaban J connectivity index is 2.14. The molecule has 3 heteroatoms. The minimum absolute atomic E-state index is 0.295. The van der Waals surface area contributed by atoms with Gasteiger partial charge in [-0.15, -0.1) is 0 Å². The molecule has 2 N–H and O–H groups in total. The maximum Gasteiger partial charge on any atom is 0.0350 e. The molecule has 1 fully saturated rings. The van der Waals surface area contributed by atoms with Crippen LogP contribution in [0.4, 0.5) is 0 Å². The van der Waals surface area contributed by atoms with Crippen LogP contribution < -0.4 is 5.73 Å². The van der Waals surface area contributed by atoms with Crippen molar-refractivity contribution in [3.8, 4) is 0 Å². The molecule has 0 aliphatic heterocycles. The van der Waals surface area contributed by atoms with Crippen molar-refractivity contribution in [2.24, 2.45) is 11.7 Å². The first-order valence-corrected chi connectivity index (χ1v) is 8.10. The summed E-state index contributed by atoms with van der Waals surface area (Å²) in [5.41, 5.74) is 5.69. The quantitative estimate of drug-likeness (QED) is 0.731. The van der Waals surface area contributed by atoms with Gasteiger partial charge in [-0.3, -0.25) is 4.21 Å². The molecule has 1 aliphatic rings. The molecular weight excluding hydrogens is 218 g/mol. The average Bonchev–Trinajstić information content (AvgIpc) is 2.24. The van der Waals surface area contributed by atoms with E-state index < -0.39 is 10.8 Å².